The van der Waals surface area contributed by atoms with Crippen molar-refractivity contribution in [1.82, 2.24) is 9.62 Å². The molecule has 1 atom stereocenters. The summed E-state index contributed by atoms with van der Waals surface area (Å²) < 4.78 is 45.4. The molecule has 0 fully saturated rings. The molecule has 0 aliphatic rings. The van der Waals surface area contributed by atoms with Crippen molar-refractivity contribution >= 4 is 15.9 Å². The lowest BCUT2D eigenvalue weighted by Crippen LogP contribution is -2.33. The highest BCUT2D eigenvalue weighted by Gasteiger charge is 2.19. The molecule has 0 aliphatic heterocycles. The molecule has 0 bridgehead atoms. The minimum absolute atomic E-state index is 0.0122. The highest BCUT2D eigenvalue weighted by atomic mass is 32.2. The van der Waals surface area contributed by atoms with Crippen LogP contribution in [-0.4, -0.2) is 39.4 Å². The lowest BCUT2D eigenvalue weighted by Gasteiger charge is -2.25. The fourth-order valence-electron chi connectivity index (χ4n) is 2.61. The van der Waals surface area contributed by atoms with Crippen LogP contribution in [0.1, 0.15) is 31.9 Å². The second kappa shape index (κ2) is 9.66. The standard InChI is InChI=1S/C20H25FN2O4S/c1-4-27-18-9-11-19(12-10-18)28(25,26)22-14-13-20(24)23(3)15(2)16-5-7-17(21)8-6-16/h5-12,15,22H,4,13-14H2,1-3H3. The van der Waals surface area contributed by atoms with Crippen LogP contribution in [0.2, 0.25) is 0 Å². The Labute approximate surface area is 165 Å². The molecule has 28 heavy (non-hydrogen) atoms. The van der Waals surface area contributed by atoms with Gasteiger partial charge in [0.05, 0.1) is 17.5 Å². The summed E-state index contributed by atoms with van der Waals surface area (Å²) in [5.74, 6) is 0.0351. The SMILES string of the molecule is CCOc1ccc(S(=O)(=O)NCCC(=O)N(C)C(C)c2ccc(F)cc2)cc1. The van der Waals surface area contributed by atoms with Crippen LogP contribution in [0.4, 0.5) is 4.39 Å². The van der Waals surface area contributed by atoms with Gasteiger partial charge in [-0.25, -0.2) is 17.5 Å². The molecule has 0 aromatic heterocycles. The van der Waals surface area contributed by atoms with Crippen molar-refractivity contribution in [3.05, 3.63) is 59.9 Å². The van der Waals surface area contributed by atoms with Gasteiger partial charge in [-0.3, -0.25) is 4.79 Å². The van der Waals surface area contributed by atoms with Crippen LogP contribution in [-0.2, 0) is 14.8 Å². The number of sulfonamides is 1. The Kier molecular flexibility index (Phi) is 7.53. The van der Waals surface area contributed by atoms with Gasteiger partial charge in [-0.05, 0) is 55.8 Å². The average Bonchev–Trinajstić information content (AvgIpc) is 2.68. The van der Waals surface area contributed by atoms with Crippen molar-refractivity contribution in [3.63, 3.8) is 0 Å². The molecule has 0 heterocycles. The molecule has 0 radical (unpaired) electrons. The summed E-state index contributed by atoms with van der Waals surface area (Å²) in [6.45, 7) is 4.15. The molecule has 8 heteroatoms. The van der Waals surface area contributed by atoms with Crippen molar-refractivity contribution in [1.29, 1.82) is 0 Å². The average molecular weight is 408 g/mol. The van der Waals surface area contributed by atoms with Crippen LogP contribution in [0.25, 0.3) is 0 Å². The predicted octanol–water partition coefficient (Wildman–Crippen LogP) is 3.11. The lowest BCUT2D eigenvalue weighted by molar-refractivity contribution is -0.131. The first kappa shape index (κ1) is 21.8. The molecule has 6 nitrogen and oxygen atoms in total. The van der Waals surface area contributed by atoms with Gasteiger partial charge in [0.2, 0.25) is 15.9 Å². The van der Waals surface area contributed by atoms with E-state index in [-0.39, 0.29) is 35.6 Å². The summed E-state index contributed by atoms with van der Waals surface area (Å²) in [4.78, 5) is 14.0. The van der Waals surface area contributed by atoms with E-state index in [1.165, 1.54) is 29.2 Å². The topological polar surface area (TPSA) is 75.7 Å². The molecule has 0 saturated carbocycles. The number of amides is 1. The van der Waals surface area contributed by atoms with Crippen LogP contribution in [0.15, 0.2) is 53.4 Å². The first-order valence-corrected chi connectivity index (χ1v) is 10.5. The lowest BCUT2D eigenvalue weighted by atomic mass is 10.1. The summed E-state index contributed by atoms with van der Waals surface area (Å²) in [5.41, 5.74) is 0.798. The summed E-state index contributed by atoms with van der Waals surface area (Å²) in [6, 6.07) is 11.8. The van der Waals surface area contributed by atoms with Crippen LogP contribution >= 0.6 is 0 Å². The van der Waals surface area contributed by atoms with Gasteiger partial charge < -0.3 is 9.64 Å². The van der Waals surface area contributed by atoms with Crippen LogP contribution in [0.5, 0.6) is 5.75 Å². The third-order valence-corrected chi connectivity index (χ3v) is 5.88. The first-order chi connectivity index (χ1) is 13.2. The fourth-order valence-corrected chi connectivity index (χ4v) is 3.65. The molecule has 2 aromatic carbocycles. The van der Waals surface area contributed by atoms with E-state index in [9.17, 15) is 17.6 Å². The Morgan fingerprint density at radius 2 is 1.75 bits per heavy atom. The predicted molar refractivity (Wildman–Crippen MR) is 105 cm³/mol. The Morgan fingerprint density at radius 1 is 1.14 bits per heavy atom. The van der Waals surface area contributed by atoms with E-state index in [2.05, 4.69) is 4.72 Å². The Hall–Kier alpha value is -2.45. The number of rotatable bonds is 9. The van der Waals surface area contributed by atoms with Crippen molar-refractivity contribution < 1.29 is 22.3 Å². The van der Waals surface area contributed by atoms with Gasteiger partial charge in [-0.1, -0.05) is 12.1 Å². The number of ether oxygens (including phenoxy) is 1. The van der Waals surface area contributed by atoms with Crippen molar-refractivity contribution in [2.24, 2.45) is 0 Å². The van der Waals surface area contributed by atoms with Crippen LogP contribution < -0.4 is 9.46 Å². The molecule has 152 valence electrons. The van der Waals surface area contributed by atoms with Crippen LogP contribution in [0.3, 0.4) is 0 Å². The maximum absolute atomic E-state index is 13.0. The summed E-state index contributed by atoms with van der Waals surface area (Å²) in [6.07, 6.45) is 0.0122. The highest BCUT2D eigenvalue weighted by Crippen LogP contribution is 2.20. The fraction of sp³-hybridized carbons (Fsp3) is 0.350. The normalized spacial score (nSPS) is 12.4. The van der Waals surface area contributed by atoms with E-state index in [4.69, 9.17) is 4.74 Å². The maximum Gasteiger partial charge on any atom is 0.240 e. The monoisotopic (exact) mass is 408 g/mol. The number of halogens is 1. The zero-order valence-corrected chi connectivity index (χ0v) is 17.0. The maximum atomic E-state index is 13.0. The van der Waals surface area contributed by atoms with Gasteiger partial charge in [-0.15, -0.1) is 0 Å². The van der Waals surface area contributed by atoms with E-state index in [1.54, 1.807) is 31.3 Å². The Morgan fingerprint density at radius 3 is 2.32 bits per heavy atom. The molecule has 1 unspecified atom stereocenters. The largest absolute Gasteiger partial charge is 0.494 e. The molecular formula is C20H25FN2O4S. The summed E-state index contributed by atoms with van der Waals surface area (Å²) in [7, 11) is -2.07. The first-order valence-electron chi connectivity index (χ1n) is 8.98. The number of nitrogens with one attached hydrogen (secondary N) is 1. The van der Waals surface area contributed by atoms with E-state index in [0.29, 0.717) is 12.4 Å². The smallest absolute Gasteiger partial charge is 0.240 e. The van der Waals surface area contributed by atoms with Gasteiger partial charge >= 0.3 is 0 Å². The number of nitrogens with zero attached hydrogens (tertiary/aromatic N) is 1. The molecule has 0 aliphatic carbocycles. The summed E-state index contributed by atoms with van der Waals surface area (Å²) >= 11 is 0. The second-order valence-corrected chi connectivity index (χ2v) is 8.05. The zero-order valence-electron chi connectivity index (χ0n) is 16.2. The second-order valence-electron chi connectivity index (χ2n) is 6.28. The van der Waals surface area contributed by atoms with E-state index in [0.717, 1.165) is 5.56 Å². The molecule has 1 amide bonds. The van der Waals surface area contributed by atoms with Crippen LogP contribution in [0, 0.1) is 5.82 Å². The van der Waals surface area contributed by atoms with Gasteiger partial charge in [-0.2, -0.15) is 0 Å². The Bertz CT molecular complexity index is 883. The third-order valence-electron chi connectivity index (χ3n) is 4.40. The van der Waals surface area contributed by atoms with E-state index < -0.39 is 10.0 Å². The molecule has 1 N–H and O–H groups in total. The van der Waals surface area contributed by atoms with Gasteiger partial charge in [0, 0.05) is 20.0 Å². The zero-order chi connectivity index (χ0) is 20.7. The van der Waals surface area contributed by atoms with Gasteiger partial charge in [0.15, 0.2) is 0 Å². The number of hydrogen-bond donors (Lipinski definition) is 1. The number of hydrogen-bond acceptors (Lipinski definition) is 4. The molecule has 2 rings (SSSR count). The minimum Gasteiger partial charge on any atom is -0.494 e. The minimum atomic E-state index is -3.71. The quantitative estimate of drug-likeness (QED) is 0.692. The van der Waals surface area contributed by atoms with Crippen molar-refractivity contribution in [2.75, 3.05) is 20.2 Å². The third kappa shape index (κ3) is 5.77. The molecule has 0 spiro atoms. The number of benzene rings is 2. The van der Waals surface area contributed by atoms with E-state index >= 15 is 0 Å². The highest BCUT2D eigenvalue weighted by molar-refractivity contribution is 7.89. The molecule has 2 aromatic rings. The van der Waals surface area contributed by atoms with Crippen molar-refractivity contribution in [3.8, 4) is 5.75 Å². The number of carbonyl (C=O) groups excluding carboxylic acids is 1. The molecular weight excluding hydrogens is 383 g/mol. The van der Waals surface area contributed by atoms with Gasteiger partial charge in [0.25, 0.3) is 0 Å². The summed E-state index contributed by atoms with van der Waals surface area (Å²) in [5, 5.41) is 0. The van der Waals surface area contributed by atoms with Crippen molar-refractivity contribution in [2.45, 2.75) is 31.2 Å². The van der Waals surface area contributed by atoms with E-state index in [1.807, 2.05) is 13.8 Å². The number of carbonyl (C=O) groups is 1. The van der Waals surface area contributed by atoms with Gasteiger partial charge in [0.1, 0.15) is 11.6 Å². The Balaban J connectivity index is 1.90. The molecule has 0 saturated heterocycles.